The van der Waals surface area contributed by atoms with Gasteiger partial charge in [-0.2, -0.15) is 0 Å². The molecule has 0 radical (unpaired) electrons. The smallest absolute Gasteiger partial charge is 0.317 e. The second-order valence-electron chi connectivity index (χ2n) is 28.4. The lowest BCUT2D eigenvalue weighted by atomic mass is 9.33. The number of allylic oxidation sites excluding steroid dienone is 2. The van der Waals surface area contributed by atoms with Gasteiger partial charge in [-0.15, -0.1) is 0 Å². The number of hydrogen-bond acceptors (Lipinski definition) is 27. The van der Waals surface area contributed by atoms with Gasteiger partial charge in [0.1, 0.15) is 90.4 Å². The number of carbonyl (C=O) groups is 1. The third kappa shape index (κ3) is 10.5. The molecule has 16 N–H and O–H groups in total. The van der Waals surface area contributed by atoms with E-state index in [1.807, 2.05) is 6.92 Å². The Morgan fingerprint density at radius 2 is 1.24 bits per heavy atom. The zero-order chi connectivity index (χ0) is 62.2. The standard InChI is InChI=1S/C58H94O27/c1-23-33(65)36(68)40(72)48(78-23)85-57(21-61)22-77-50(44(57)74)81-42-24(2)79-46(41(73)38(42)70)82-43-34(66)28(63)19-76-49(43)84-51(75)58-14-13-52(3,4)15-26(58)25-9-10-31-53(5)16-27(62)45(83-47-39(71)37(69)35(67)29(18-59)80-47)54(6,20-60)30(53)11-12-55(31,7)56(25,8)17-32(58)64/h9,23-24,26-50,59-74H,10-22H2,1-8H3/t23-,24-,26-,27-,28-,29+,30+,31+,32+,33-,34-,35+,36+,37-,38-,39+,40+,41+,42-,43+,44-,45-,46-,47-,48-,49+,50-,53-,54-,55+,56+,57+,58+/m0/s1. The van der Waals surface area contributed by atoms with Crippen LogP contribution in [0.15, 0.2) is 11.6 Å². The number of carbonyl (C=O) groups excluding carboxylic acids is 1. The van der Waals surface area contributed by atoms with Crippen molar-refractivity contribution in [2.24, 2.45) is 50.2 Å². The highest BCUT2D eigenvalue weighted by Gasteiger charge is 2.73. The predicted octanol–water partition coefficient (Wildman–Crippen LogP) is -3.96. The predicted molar refractivity (Wildman–Crippen MR) is 285 cm³/mol. The molecule has 0 aromatic heterocycles. The fourth-order valence-corrected chi connectivity index (χ4v) is 17.6. The van der Waals surface area contributed by atoms with Crippen molar-refractivity contribution in [1.82, 2.24) is 0 Å². The minimum absolute atomic E-state index is 0.124. The van der Waals surface area contributed by atoms with Crippen molar-refractivity contribution in [1.29, 1.82) is 0 Å². The van der Waals surface area contributed by atoms with E-state index in [4.69, 9.17) is 47.4 Å². The van der Waals surface area contributed by atoms with Crippen molar-refractivity contribution in [3.05, 3.63) is 11.6 Å². The first-order valence-corrected chi connectivity index (χ1v) is 30.2. The van der Waals surface area contributed by atoms with E-state index in [0.717, 1.165) is 5.57 Å². The number of fused-ring (bicyclic) bond motifs is 7. The number of ether oxygens (including phenoxy) is 10. The molecule has 0 aromatic rings. The highest BCUT2D eigenvalue weighted by molar-refractivity contribution is 5.80. The van der Waals surface area contributed by atoms with Gasteiger partial charge in [-0.25, -0.2) is 0 Å². The Labute approximate surface area is 493 Å². The van der Waals surface area contributed by atoms with E-state index in [2.05, 4.69) is 40.7 Å². The lowest BCUT2D eigenvalue weighted by molar-refractivity contribution is -0.362. The van der Waals surface area contributed by atoms with E-state index >= 15 is 4.79 Å². The van der Waals surface area contributed by atoms with Crippen LogP contribution in [0.4, 0.5) is 0 Å². The minimum Gasteiger partial charge on any atom is -0.432 e. The van der Waals surface area contributed by atoms with Gasteiger partial charge in [0.05, 0.1) is 63.6 Å². The van der Waals surface area contributed by atoms with Crippen LogP contribution in [-0.4, -0.2) is 274 Å². The monoisotopic (exact) mass is 1220 g/mol. The SMILES string of the molecule is C[C@@H]1O[C@@H](O[C@]2(CO)CO[C@@H](O[C@@H]3[C@@H](O)[C@@H](O)[C@H](O[C@H]4[C@@H](OC(=O)[C@]56CCC(C)(C)C[C@H]5C5=CC[C@@H]7[C@@]8(C)C[C@H](O)[C@H](O[C@@H]9O[C@H](CO)[C@@H](O)[C@H](O)[C@H]9O)[C@@](C)(CO)[C@@H]8CC[C@@]7(C)[C@]5(C)C[C@H]6O)OC[C@H](O)[C@@H]4O)O[C@H]3C)[C@@H]2O)[C@H](O)[C@H](O)[C@H]1O. The number of aliphatic hydroxyl groups is 16. The third-order valence-corrected chi connectivity index (χ3v) is 23.0. The molecule has 0 unspecified atom stereocenters. The number of hydrogen-bond donors (Lipinski definition) is 16. The van der Waals surface area contributed by atoms with Gasteiger partial charge < -0.3 is 129 Å². The van der Waals surface area contributed by atoms with Crippen LogP contribution in [0.5, 0.6) is 0 Å². The zero-order valence-electron chi connectivity index (χ0n) is 49.5. The Balaban J connectivity index is 0.856. The number of esters is 1. The lowest BCUT2D eigenvalue weighted by Crippen LogP contribution is -2.70. The molecular formula is C58H94O27. The summed E-state index contributed by atoms with van der Waals surface area (Å²) in [5.41, 5.74) is -5.99. The van der Waals surface area contributed by atoms with Crippen molar-refractivity contribution < 1.29 is 134 Å². The molecule has 10 aliphatic rings. The molecule has 5 saturated heterocycles. The Morgan fingerprint density at radius 3 is 1.91 bits per heavy atom. The molecule has 10 rings (SSSR count). The molecule has 5 aliphatic heterocycles. The highest BCUT2D eigenvalue weighted by Crippen LogP contribution is 2.76. The van der Waals surface area contributed by atoms with Gasteiger partial charge in [-0.3, -0.25) is 4.79 Å². The van der Waals surface area contributed by atoms with Crippen LogP contribution in [-0.2, 0) is 52.2 Å². The van der Waals surface area contributed by atoms with Crippen LogP contribution < -0.4 is 0 Å². The summed E-state index contributed by atoms with van der Waals surface area (Å²) in [5.74, 6) is -1.84. The summed E-state index contributed by atoms with van der Waals surface area (Å²) in [5, 5.41) is 177. The summed E-state index contributed by atoms with van der Waals surface area (Å²) in [6.45, 7) is 12.3. The molecule has 0 aromatic carbocycles. The van der Waals surface area contributed by atoms with Crippen LogP contribution in [0.1, 0.15) is 107 Å². The Kier molecular flexibility index (Phi) is 18.5. The summed E-state index contributed by atoms with van der Waals surface area (Å²) in [7, 11) is 0. The molecule has 5 aliphatic carbocycles. The maximum Gasteiger partial charge on any atom is 0.317 e. The molecule has 85 heavy (non-hydrogen) atoms. The molecule has 27 nitrogen and oxygen atoms in total. The van der Waals surface area contributed by atoms with Crippen LogP contribution in [0, 0.1) is 50.2 Å². The van der Waals surface area contributed by atoms with E-state index in [-0.39, 0.29) is 36.5 Å². The molecule has 27 heteroatoms. The second kappa shape index (κ2) is 23.7. The van der Waals surface area contributed by atoms with E-state index in [0.29, 0.717) is 32.1 Å². The first kappa shape index (κ1) is 66.1. The summed E-state index contributed by atoms with van der Waals surface area (Å²) in [4.78, 5) is 15.4. The first-order valence-electron chi connectivity index (χ1n) is 30.2. The molecular weight excluding hydrogens is 1130 g/mol. The molecule has 33 atom stereocenters. The average molecular weight is 1220 g/mol. The third-order valence-electron chi connectivity index (χ3n) is 23.0. The minimum atomic E-state index is -2.01. The molecule has 4 saturated carbocycles. The van der Waals surface area contributed by atoms with Crippen molar-refractivity contribution in [2.75, 3.05) is 33.0 Å². The molecule has 9 fully saturated rings. The van der Waals surface area contributed by atoms with Gasteiger partial charge in [0.25, 0.3) is 0 Å². The topological polar surface area (TPSA) is 433 Å². The Bertz CT molecular complexity index is 2400. The van der Waals surface area contributed by atoms with E-state index in [9.17, 15) is 81.7 Å². The largest absolute Gasteiger partial charge is 0.432 e. The Morgan fingerprint density at radius 1 is 0.600 bits per heavy atom. The summed E-state index contributed by atoms with van der Waals surface area (Å²) in [6, 6.07) is 0. The van der Waals surface area contributed by atoms with E-state index in [1.54, 1.807) is 0 Å². The van der Waals surface area contributed by atoms with Gasteiger partial charge in [-0.1, -0.05) is 53.2 Å². The van der Waals surface area contributed by atoms with Crippen molar-refractivity contribution >= 4 is 5.97 Å². The van der Waals surface area contributed by atoms with Crippen molar-refractivity contribution in [3.8, 4) is 0 Å². The van der Waals surface area contributed by atoms with Crippen LogP contribution in [0.3, 0.4) is 0 Å². The van der Waals surface area contributed by atoms with Crippen molar-refractivity contribution in [3.63, 3.8) is 0 Å². The normalized spacial score (nSPS) is 56.0. The fraction of sp³-hybridized carbons (Fsp3) is 0.948. The quantitative estimate of drug-likeness (QED) is 0.0475. The molecule has 0 spiro atoms. The summed E-state index contributed by atoms with van der Waals surface area (Å²) >= 11 is 0. The maximum atomic E-state index is 15.4. The van der Waals surface area contributed by atoms with Gasteiger partial charge in [0.2, 0.25) is 6.29 Å². The van der Waals surface area contributed by atoms with E-state index in [1.165, 1.54) is 13.8 Å². The average Bonchev–Trinajstić information content (AvgIpc) is 1.03. The van der Waals surface area contributed by atoms with Gasteiger partial charge in [0.15, 0.2) is 31.3 Å². The van der Waals surface area contributed by atoms with E-state index < -0.39 is 225 Å². The lowest BCUT2D eigenvalue weighted by Gasteiger charge is -2.72. The summed E-state index contributed by atoms with van der Waals surface area (Å²) in [6.07, 6.45) is -32.5. The van der Waals surface area contributed by atoms with Crippen molar-refractivity contribution in [2.45, 2.75) is 260 Å². The van der Waals surface area contributed by atoms with Gasteiger partial charge in [-0.05, 0) is 105 Å². The van der Waals surface area contributed by atoms with Crippen LogP contribution in [0.2, 0.25) is 0 Å². The molecule has 0 bridgehead atoms. The number of aliphatic hydroxyl groups excluding tert-OH is 16. The highest BCUT2D eigenvalue weighted by atomic mass is 16.8. The van der Waals surface area contributed by atoms with Gasteiger partial charge in [0, 0.05) is 5.41 Å². The van der Waals surface area contributed by atoms with Gasteiger partial charge >= 0.3 is 5.97 Å². The number of rotatable bonds is 13. The van der Waals surface area contributed by atoms with Crippen LogP contribution in [0.25, 0.3) is 0 Å². The van der Waals surface area contributed by atoms with Crippen LogP contribution >= 0.6 is 0 Å². The maximum absolute atomic E-state index is 15.4. The second-order valence-corrected chi connectivity index (χ2v) is 28.4. The Hall–Kier alpha value is -1.79. The molecule has 0 amide bonds. The fourth-order valence-electron chi connectivity index (χ4n) is 17.6. The zero-order valence-corrected chi connectivity index (χ0v) is 49.5. The molecule has 488 valence electrons. The molecule has 5 heterocycles. The first-order chi connectivity index (χ1) is 39.7. The summed E-state index contributed by atoms with van der Waals surface area (Å²) < 4.78 is 59.2.